The smallest absolute Gasteiger partial charge is 0.343 e. The third-order valence-electron chi connectivity index (χ3n) is 4.91. The van der Waals surface area contributed by atoms with Gasteiger partial charge in [-0.15, -0.1) is 0 Å². The van der Waals surface area contributed by atoms with Crippen molar-refractivity contribution in [3.63, 3.8) is 0 Å². The molecular formula is C26H21BrN2O4. The van der Waals surface area contributed by atoms with Crippen LogP contribution in [0.3, 0.4) is 0 Å². The number of para-hydroxylation sites is 2. The molecule has 0 atom stereocenters. The number of urea groups is 1. The number of benzene rings is 3. The van der Waals surface area contributed by atoms with Crippen LogP contribution in [0.4, 0.5) is 16.2 Å². The van der Waals surface area contributed by atoms with Crippen molar-refractivity contribution in [2.24, 2.45) is 0 Å². The van der Waals surface area contributed by atoms with E-state index >= 15 is 0 Å². The van der Waals surface area contributed by atoms with E-state index in [0.29, 0.717) is 27.2 Å². The lowest BCUT2D eigenvalue weighted by Gasteiger charge is -2.33. The molecule has 6 nitrogen and oxygen atoms in total. The number of imide groups is 2. The first kappa shape index (κ1) is 22.5. The Hall–Kier alpha value is -3.71. The van der Waals surface area contributed by atoms with Crippen LogP contribution in [0.1, 0.15) is 19.4 Å². The van der Waals surface area contributed by atoms with Gasteiger partial charge in [-0.25, -0.2) is 14.6 Å². The molecule has 1 aliphatic rings. The summed E-state index contributed by atoms with van der Waals surface area (Å²) in [7, 11) is 0. The molecule has 1 fully saturated rings. The molecule has 0 radical (unpaired) electrons. The highest BCUT2D eigenvalue weighted by molar-refractivity contribution is 9.10. The summed E-state index contributed by atoms with van der Waals surface area (Å²) in [5, 5.41) is 0. The summed E-state index contributed by atoms with van der Waals surface area (Å²) in [6.45, 7) is 3.85. The van der Waals surface area contributed by atoms with Crippen molar-refractivity contribution >= 4 is 51.2 Å². The maximum absolute atomic E-state index is 13.4. The van der Waals surface area contributed by atoms with Gasteiger partial charge in [0.25, 0.3) is 11.8 Å². The molecule has 0 aromatic heterocycles. The molecular weight excluding hydrogens is 484 g/mol. The highest BCUT2D eigenvalue weighted by Gasteiger charge is 2.43. The molecule has 3 aromatic carbocycles. The Morgan fingerprint density at radius 1 is 0.788 bits per heavy atom. The lowest BCUT2D eigenvalue weighted by Crippen LogP contribution is -2.57. The van der Waals surface area contributed by atoms with Crippen LogP contribution in [0.5, 0.6) is 5.75 Å². The van der Waals surface area contributed by atoms with Crippen molar-refractivity contribution in [3.8, 4) is 5.75 Å². The van der Waals surface area contributed by atoms with E-state index in [9.17, 15) is 14.4 Å². The highest BCUT2D eigenvalue weighted by Crippen LogP contribution is 2.31. The van der Waals surface area contributed by atoms with E-state index in [1.54, 1.807) is 78.9 Å². The van der Waals surface area contributed by atoms with Crippen LogP contribution in [0, 0.1) is 0 Å². The maximum Gasteiger partial charge on any atom is 0.343 e. The Bertz CT molecular complexity index is 1180. The molecule has 0 spiro atoms. The minimum atomic E-state index is -0.721. The summed E-state index contributed by atoms with van der Waals surface area (Å²) in [5.74, 6) is -0.704. The third-order valence-corrected chi connectivity index (χ3v) is 5.53. The minimum absolute atomic E-state index is 0.00289. The van der Waals surface area contributed by atoms with Crippen molar-refractivity contribution in [1.29, 1.82) is 0 Å². The largest absolute Gasteiger partial charge is 0.490 e. The average Bonchev–Trinajstić information content (AvgIpc) is 2.80. The number of ether oxygens (including phenoxy) is 1. The van der Waals surface area contributed by atoms with Gasteiger partial charge in [-0.05, 0) is 77.8 Å². The fourth-order valence-corrected chi connectivity index (χ4v) is 3.95. The number of amides is 4. The minimum Gasteiger partial charge on any atom is -0.490 e. The molecule has 3 aromatic rings. The first-order valence-electron chi connectivity index (χ1n) is 10.4. The summed E-state index contributed by atoms with van der Waals surface area (Å²) in [4.78, 5) is 42.1. The molecule has 1 heterocycles. The maximum atomic E-state index is 13.4. The summed E-state index contributed by atoms with van der Waals surface area (Å²) < 4.78 is 6.43. The van der Waals surface area contributed by atoms with Crippen molar-refractivity contribution in [2.45, 2.75) is 20.0 Å². The number of nitrogens with zero attached hydrogens (tertiary/aromatic N) is 2. The van der Waals surface area contributed by atoms with Gasteiger partial charge in [0.2, 0.25) is 0 Å². The molecule has 0 bridgehead atoms. The fraction of sp³-hybridized carbons (Fsp3) is 0.115. The van der Waals surface area contributed by atoms with E-state index in [-0.39, 0.29) is 11.7 Å². The monoisotopic (exact) mass is 504 g/mol. The molecule has 7 heteroatoms. The molecule has 4 amide bonds. The molecule has 166 valence electrons. The Morgan fingerprint density at radius 2 is 1.30 bits per heavy atom. The number of carbonyl (C=O) groups is 3. The molecule has 0 unspecified atom stereocenters. The molecule has 33 heavy (non-hydrogen) atoms. The van der Waals surface area contributed by atoms with Crippen molar-refractivity contribution in [1.82, 2.24) is 0 Å². The van der Waals surface area contributed by atoms with Gasteiger partial charge in [0, 0.05) is 0 Å². The first-order chi connectivity index (χ1) is 15.9. The van der Waals surface area contributed by atoms with Crippen molar-refractivity contribution in [2.75, 3.05) is 9.80 Å². The number of hydrogen-bond donors (Lipinski definition) is 0. The van der Waals surface area contributed by atoms with Crippen LogP contribution in [0.2, 0.25) is 0 Å². The quantitative estimate of drug-likeness (QED) is 0.324. The number of carbonyl (C=O) groups excluding carboxylic acids is 3. The average molecular weight is 505 g/mol. The highest BCUT2D eigenvalue weighted by atomic mass is 79.9. The Kier molecular flexibility index (Phi) is 6.42. The van der Waals surface area contributed by atoms with E-state index in [0.717, 1.165) is 9.80 Å². The Labute approximate surface area is 200 Å². The fourth-order valence-electron chi connectivity index (χ4n) is 3.46. The summed E-state index contributed by atoms with van der Waals surface area (Å²) in [6, 6.07) is 21.7. The second-order valence-corrected chi connectivity index (χ2v) is 8.50. The zero-order chi connectivity index (χ0) is 23.5. The Morgan fingerprint density at radius 3 is 1.76 bits per heavy atom. The van der Waals surface area contributed by atoms with Gasteiger partial charge in [-0.1, -0.05) is 42.5 Å². The molecule has 1 saturated heterocycles. The van der Waals surface area contributed by atoms with Gasteiger partial charge >= 0.3 is 6.03 Å². The van der Waals surface area contributed by atoms with E-state index in [4.69, 9.17) is 4.74 Å². The van der Waals surface area contributed by atoms with Crippen LogP contribution < -0.4 is 14.5 Å². The van der Waals surface area contributed by atoms with E-state index in [2.05, 4.69) is 15.9 Å². The lowest BCUT2D eigenvalue weighted by atomic mass is 10.0. The van der Waals surface area contributed by atoms with E-state index in [1.165, 1.54) is 6.08 Å². The van der Waals surface area contributed by atoms with Crippen LogP contribution >= 0.6 is 15.9 Å². The number of halogens is 1. The number of rotatable bonds is 5. The third kappa shape index (κ3) is 4.59. The van der Waals surface area contributed by atoms with Crippen LogP contribution in [0.15, 0.2) is 88.9 Å². The molecule has 0 N–H and O–H groups in total. The molecule has 0 saturated carbocycles. The second-order valence-electron chi connectivity index (χ2n) is 7.65. The standard InChI is InChI=1S/C26H21BrN2O4/c1-17(2)33-23-14-13-18(16-22(23)27)15-21-24(30)28(19-9-5-3-6-10-19)26(32)29(25(21)31)20-11-7-4-8-12-20/h3-17H,1-2H3. The van der Waals surface area contributed by atoms with Gasteiger partial charge in [-0.2, -0.15) is 0 Å². The molecule has 1 aliphatic heterocycles. The summed E-state index contributed by atoms with van der Waals surface area (Å²) >= 11 is 3.48. The van der Waals surface area contributed by atoms with Crippen LogP contribution in [-0.4, -0.2) is 23.9 Å². The summed E-state index contributed by atoms with van der Waals surface area (Å²) in [6.07, 6.45) is 1.49. The van der Waals surface area contributed by atoms with Gasteiger partial charge in [0.05, 0.1) is 22.0 Å². The van der Waals surface area contributed by atoms with Crippen molar-refractivity contribution < 1.29 is 19.1 Å². The summed E-state index contributed by atoms with van der Waals surface area (Å²) in [5.41, 5.74) is 1.26. The normalized spacial score (nSPS) is 14.2. The predicted octanol–water partition coefficient (Wildman–Crippen LogP) is 5.82. The lowest BCUT2D eigenvalue weighted by molar-refractivity contribution is -0.121. The van der Waals surface area contributed by atoms with Crippen molar-refractivity contribution in [3.05, 3.63) is 94.5 Å². The van der Waals surface area contributed by atoms with Gasteiger partial charge < -0.3 is 4.74 Å². The predicted molar refractivity (Wildman–Crippen MR) is 131 cm³/mol. The zero-order valence-corrected chi connectivity index (χ0v) is 19.7. The van der Waals surface area contributed by atoms with Gasteiger partial charge in [0.15, 0.2) is 0 Å². The first-order valence-corrected chi connectivity index (χ1v) is 11.2. The van der Waals surface area contributed by atoms with Gasteiger partial charge in [0.1, 0.15) is 11.3 Å². The molecule has 4 rings (SSSR count). The number of hydrogen-bond acceptors (Lipinski definition) is 4. The second kappa shape index (κ2) is 9.42. The molecule has 0 aliphatic carbocycles. The topological polar surface area (TPSA) is 66.9 Å². The van der Waals surface area contributed by atoms with E-state index < -0.39 is 17.8 Å². The number of anilines is 2. The van der Waals surface area contributed by atoms with Gasteiger partial charge in [-0.3, -0.25) is 9.59 Å². The zero-order valence-electron chi connectivity index (χ0n) is 18.1. The van der Waals surface area contributed by atoms with E-state index in [1.807, 2.05) is 13.8 Å². The van der Waals surface area contributed by atoms with Crippen LogP contribution in [0.25, 0.3) is 6.08 Å². The Balaban J connectivity index is 1.81. The van der Waals surface area contributed by atoms with Crippen LogP contribution in [-0.2, 0) is 9.59 Å². The SMILES string of the molecule is CC(C)Oc1ccc(C=C2C(=O)N(c3ccccc3)C(=O)N(c3ccccc3)C2=O)cc1Br. The number of barbiturate groups is 1.